The van der Waals surface area contributed by atoms with Gasteiger partial charge in [0.2, 0.25) is 0 Å². The third-order valence-electron chi connectivity index (χ3n) is 4.59. The quantitative estimate of drug-likeness (QED) is 0.337. The highest BCUT2D eigenvalue weighted by Crippen LogP contribution is 2.30. The summed E-state index contributed by atoms with van der Waals surface area (Å²) in [4.78, 5) is 13.0. The Kier molecular flexibility index (Phi) is 7.05. The Hall–Kier alpha value is -4.08. The first-order chi connectivity index (χ1) is 15.1. The van der Waals surface area contributed by atoms with Crippen LogP contribution in [0.2, 0.25) is 0 Å². The number of nitrogens with zero attached hydrogens (tertiary/aromatic N) is 1. The summed E-state index contributed by atoms with van der Waals surface area (Å²) >= 11 is 0. The first-order valence-corrected chi connectivity index (χ1v) is 9.51. The molecule has 6 nitrogen and oxygen atoms in total. The summed E-state index contributed by atoms with van der Waals surface area (Å²) in [5, 5.41) is 15.4. The van der Waals surface area contributed by atoms with E-state index in [1.807, 2.05) is 12.1 Å². The lowest BCUT2D eigenvalue weighted by molar-refractivity contribution is -0.136. The van der Waals surface area contributed by atoms with E-state index in [1.165, 1.54) is 13.3 Å². The van der Waals surface area contributed by atoms with E-state index >= 15 is 0 Å². The summed E-state index contributed by atoms with van der Waals surface area (Å²) in [6.45, 7) is 0.122. The Balaban J connectivity index is 1.82. The highest BCUT2D eigenvalue weighted by atomic mass is 16.5. The molecule has 0 aliphatic carbocycles. The lowest BCUT2D eigenvalue weighted by Gasteiger charge is -2.27. The zero-order chi connectivity index (χ0) is 22.1. The number of nitrogens with one attached hydrogen (secondary N) is 1. The summed E-state index contributed by atoms with van der Waals surface area (Å²) in [6, 6.07) is 22.6. The van der Waals surface area contributed by atoms with E-state index in [0.29, 0.717) is 28.2 Å². The minimum Gasteiger partial charge on any atom is -0.493 e. The fraction of sp³-hybridized carbons (Fsp3) is 0.120. The monoisotopic (exact) mass is 414 g/mol. The van der Waals surface area contributed by atoms with Crippen molar-refractivity contribution in [1.82, 2.24) is 5.43 Å². The predicted octanol–water partition coefficient (Wildman–Crippen LogP) is 3.09. The zero-order valence-corrected chi connectivity index (χ0v) is 17.0. The van der Waals surface area contributed by atoms with Crippen molar-refractivity contribution in [2.45, 2.75) is 5.60 Å². The van der Waals surface area contributed by atoms with Crippen LogP contribution in [0.25, 0.3) is 0 Å². The molecule has 0 heterocycles. The van der Waals surface area contributed by atoms with Crippen LogP contribution in [0.4, 0.5) is 0 Å². The Labute approximate surface area is 181 Å². The molecule has 0 saturated carbocycles. The molecule has 0 bridgehead atoms. The van der Waals surface area contributed by atoms with E-state index in [1.54, 1.807) is 66.7 Å². The van der Waals surface area contributed by atoms with Gasteiger partial charge >= 0.3 is 0 Å². The number of hydrazone groups is 1. The summed E-state index contributed by atoms with van der Waals surface area (Å²) in [5.74, 6) is 2.70. The Bertz CT molecular complexity index is 1050. The van der Waals surface area contributed by atoms with Gasteiger partial charge in [0.1, 0.15) is 6.61 Å². The normalized spacial score (nSPS) is 11.0. The number of carbonyl (C=O) groups is 1. The van der Waals surface area contributed by atoms with Gasteiger partial charge in [-0.05, 0) is 34.9 Å². The van der Waals surface area contributed by atoms with Crippen molar-refractivity contribution >= 4 is 12.1 Å². The summed E-state index contributed by atoms with van der Waals surface area (Å²) in [6.07, 6.45) is 6.66. The molecule has 1 amide bonds. The van der Waals surface area contributed by atoms with Gasteiger partial charge in [-0.25, -0.2) is 5.43 Å². The lowest BCUT2D eigenvalue weighted by Crippen LogP contribution is -2.43. The number of rotatable bonds is 8. The number of hydrogen-bond acceptors (Lipinski definition) is 5. The second kappa shape index (κ2) is 10.1. The molecule has 3 aromatic carbocycles. The van der Waals surface area contributed by atoms with Crippen LogP contribution >= 0.6 is 0 Å². The largest absolute Gasteiger partial charge is 0.493 e. The van der Waals surface area contributed by atoms with Crippen LogP contribution in [0, 0.1) is 12.3 Å². The number of terminal acetylenes is 1. The SMILES string of the molecule is C#CCOc1ccc(C=NNC(=O)C(O)(c2ccccc2)c2ccccc2)cc1OC. The molecule has 0 fully saturated rings. The minimum absolute atomic E-state index is 0.122. The van der Waals surface area contributed by atoms with E-state index in [0.717, 1.165) is 0 Å². The standard InChI is InChI=1S/C25H22N2O4/c1-3-16-31-22-15-14-19(17-23(22)30-2)18-26-27-24(28)25(29,20-10-6-4-7-11-20)21-12-8-5-9-13-21/h1,4-15,17-18,29H,16H2,2H3,(H,27,28). The molecule has 3 aromatic rings. The van der Waals surface area contributed by atoms with Crippen LogP contribution < -0.4 is 14.9 Å². The smallest absolute Gasteiger partial charge is 0.281 e. The number of methoxy groups -OCH3 is 1. The predicted molar refractivity (Wildman–Crippen MR) is 119 cm³/mol. The second-order valence-electron chi connectivity index (χ2n) is 6.54. The summed E-state index contributed by atoms with van der Waals surface area (Å²) in [5.41, 5.74) is 2.07. The van der Waals surface area contributed by atoms with Gasteiger partial charge < -0.3 is 14.6 Å². The molecular weight excluding hydrogens is 392 g/mol. The number of ether oxygens (including phenoxy) is 2. The van der Waals surface area contributed by atoms with Crippen molar-refractivity contribution in [3.8, 4) is 23.8 Å². The van der Waals surface area contributed by atoms with Crippen molar-refractivity contribution in [2.24, 2.45) is 5.10 Å². The first-order valence-electron chi connectivity index (χ1n) is 9.51. The Morgan fingerprint density at radius 3 is 2.23 bits per heavy atom. The minimum atomic E-state index is -1.90. The summed E-state index contributed by atoms with van der Waals surface area (Å²) < 4.78 is 10.7. The maximum absolute atomic E-state index is 13.0. The van der Waals surface area contributed by atoms with Crippen molar-refractivity contribution < 1.29 is 19.4 Å². The van der Waals surface area contributed by atoms with Crippen molar-refractivity contribution in [1.29, 1.82) is 0 Å². The maximum atomic E-state index is 13.0. The molecule has 0 aliphatic heterocycles. The van der Waals surface area contributed by atoms with Gasteiger partial charge in [-0.3, -0.25) is 4.79 Å². The van der Waals surface area contributed by atoms with Gasteiger partial charge in [-0.15, -0.1) is 6.42 Å². The van der Waals surface area contributed by atoms with Crippen molar-refractivity contribution in [3.05, 3.63) is 95.6 Å². The van der Waals surface area contributed by atoms with E-state index < -0.39 is 11.5 Å². The van der Waals surface area contributed by atoms with Gasteiger partial charge in [0.05, 0.1) is 13.3 Å². The van der Waals surface area contributed by atoms with Crippen molar-refractivity contribution in [2.75, 3.05) is 13.7 Å². The Morgan fingerprint density at radius 2 is 1.68 bits per heavy atom. The molecule has 0 spiro atoms. The molecule has 2 N–H and O–H groups in total. The number of carbonyl (C=O) groups excluding carboxylic acids is 1. The van der Waals surface area contributed by atoms with Gasteiger partial charge in [-0.2, -0.15) is 5.10 Å². The summed E-state index contributed by atoms with van der Waals surface area (Å²) in [7, 11) is 1.51. The van der Waals surface area contributed by atoms with E-state index in [2.05, 4.69) is 16.4 Å². The van der Waals surface area contributed by atoms with Gasteiger partial charge in [0, 0.05) is 0 Å². The third-order valence-corrected chi connectivity index (χ3v) is 4.59. The number of hydrogen-bond donors (Lipinski definition) is 2. The highest BCUT2D eigenvalue weighted by Gasteiger charge is 2.39. The number of benzene rings is 3. The van der Waals surface area contributed by atoms with Gasteiger partial charge in [0.25, 0.3) is 5.91 Å². The highest BCUT2D eigenvalue weighted by molar-refractivity contribution is 5.91. The van der Waals surface area contributed by atoms with E-state index in [9.17, 15) is 9.90 Å². The lowest BCUT2D eigenvalue weighted by atomic mass is 9.85. The van der Waals surface area contributed by atoms with Crippen LogP contribution in [-0.4, -0.2) is 30.9 Å². The maximum Gasteiger partial charge on any atom is 0.281 e. The molecule has 0 aromatic heterocycles. The van der Waals surface area contributed by atoms with Crippen molar-refractivity contribution in [3.63, 3.8) is 0 Å². The van der Waals surface area contributed by atoms with E-state index in [-0.39, 0.29) is 6.61 Å². The van der Waals surface area contributed by atoms with Crippen LogP contribution in [0.5, 0.6) is 11.5 Å². The molecule has 6 heteroatoms. The molecular formula is C25H22N2O4. The fourth-order valence-electron chi connectivity index (χ4n) is 3.04. The second-order valence-corrected chi connectivity index (χ2v) is 6.54. The molecule has 156 valence electrons. The topological polar surface area (TPSA) is 80.2 Å². The van der Waals surface area contributed by atoms with Crippen LogP contribution in [-0.2, 0) is 10.4 Å². The number of amides is 1. The number of aliphatic hydroxyl groups is 1. The van der Waals surface area contributed by atoms with Crippen LogP contribution in [0.1, 0.15) is 16.7 Å². The molecule has 0 radical (unpaired) electrons. The molecule has 0 saturated heterocycles. The first kappa shape index (κ1) is 21.6. The van der Waals surface area contributed by atoms with Gasteiger partial charge in [-0.1, -0.05) is 66.6 Å². The molecule has 3 rings (SSSR count). The average Bonchev–Trinajstić information content (AvgIpc) is 2.83. The molecule has 0 unspecified atom stereocenters. The average molecular weight is 414 g/mol. The molecule has 0 atom stereocenters. The zero-order valence-electron chi connectivity index (χ0n) is 17.0. The molecule has 0 aliphatic rings. The van der Waals surface area contributed by atoms with Crippen LogP contribution in [0.15, 0.2) is 84.0 Å². The van der Waals surface area contributed by atoms with E-state index in [4.69, 9.17) is 15.9 Å². The van der Waals surface area contributed by atoms with Crippen LogP contribution in [0.3, 0.4) is 0 Å². The molecule has 31 heavy (non-hydrogen) atoms. The Morgan fingerprint density at radius 1 is 1.06 bits per heavy atom. The fourth-order valence-corrected chi connectivity index (χ4v) is 3.04. The van der Waals surface area contributed by atoms with Gasteiger partial charge in [0.15, 0.2) is 17.1 Å². The third kappa shape index (κ3) is 4.92.